The van der Waals surface area contributed by atoms with Gasteiger partial charge in [-0.15, -0.1) is 0 Å². The fraction of sp³-hybridized carbons (Fsp3) is 1.00. The third-order valence-electron chi connectivity index (χ3n) is 1.24. The molecule has 0 spiro atoms. The summed E-state index contributed by atoms with van der Waals surface area (Å²) in [6.07, 6.45) is -0.633. The van der Waals surface area contributed by atoms with Crippen LogP contribution in [-0.4, -0.2) is 29.6 Å². The van der Waals surface area contributed by atoms with Crippen LogP contribution in [0.3, 0.4) is 0 Å². The average molecular weight is 175 g/mol. The van der Waals surface area contributed by atoms with Gasteiger partial charge in [-0.1, -0.05) is 0 Å². The van der Waals surface area contributed by atoms with Crippen LogP contribution in [0.1, 0.15) is 34.6 Å². The average Bonchev–Trinajstić information content (AvgIpc) is 1.80. The quantitative estimate of drug-likeness (QED) is 0.629. The molecular weight excluding hydrogens is 154 g/mol. The Morgan fingerprint density at radius 1 is 1.33 bits per heavy atom. The van der Waals surface area contributed by atoms with E-state index in [9.17, 15) is 5.11 Å². The highest BCUT2D eigenvalue weighted by Crippen LogP contribution is 2.00. The maximum Gasteiger partial charge on any atom is 0.167 e. The molecule has 1 atom stereocenters. The fourth-order valence-corrected chi connectivity index (χ4v) is 0.756. The molecule has 0 heterocycles. The zero-order valence-electron chi connectivity index (χ0n) is 8.72. The van der Waals surface area contributed by atoms with Crippen LogP contribution in [0.4, 0.5) is 0 Å². The van der Waals surface area contributed by atoms with Crippen LogP contribution in [0.25, 0.3) is 0 Å². The summed E-state index contributed by atoms with van der Waals surface area (Å²) in [5.74, 6) is 0. The second-order valence-electron chi connectivity index (χ2n) is 4.27. The van der Waals surface area contributed by atoms with E-state index in [0.717, 1.165) is 0 Å². The second kappa shape index (κ2) is 4.80. The van der Waals surface area contributed by atoms with Crippen molar-refractivity contribution in [1.29, 1.82) is 0 Å². The topological polar surface area (TPSA) is 41.5 Å². The van der Waals surface area contributed by atoms with Crippen LogP contribution in [0.2, 0.25) is 0 Å². The summed E-state index contributed by atoms with van der Waals surface area (Å²) in [6, 6.07) is 0. The van der Waals surface area contributed by atoms with Gasteiger partial charge in [-0.25, -0.2) is 0 Å². The van der Waals surface area contributed by atoms with E-state index in [1.165, 1.54) is 0 Å². The maximum atomic E-state index is 9.30. The SMILES string of the molecule is CC(C)OC(O)CNC(C)(C)C. The lowest BCUT2D eigenvalue weighted by Gasteiger charge is -2.23. The molecule has 0 aliphatic rings. The smallest absolute Gasteiger partial charge is 0.167 e. The Hall–Kier alpha value is -0.120. The van der Waals surface area contributed by atoms with Crippen molar-refractivity contribution in [2.75, 3.05) is 6.54 Å². The molecule has 0 amide bonds. The molecule has 0 bridgehead atoms. The number of nitrogens with one attached hydrogen (secondary N) is 1. The van der Waals surface area contributed by atoms with Gasteiger partial charge in [0, 0.05) is 12.1 Å². The monoisotopic (exact) mass is 175 g/mol. The van der Waals surface area contributed by atoms with Crippen molar-refractivity contribution < 1.29 is 9.84 Å². The Bertz CT molecular complexity index is 118. The molecule has 0 saturated carbocycles. The molecule has 0 aliphatic carbocycles. The standard InChI is InChI=1S/C9H21NO2/c1-7(2)12-8(11)6-10-9(3,4)5/h7-8,10-11H,6H2,1-5H3. The molecule has 0 aromatic rings. The van der Waals surface area contributed by atoms with E-state index in [0.29, 0.717) is 6.54 Å². The van der Waals surface area contributed by atoms with E-state index < -0.39 is 6.29 Å². The van der Waals surface area contributed by atoms with Gasteiger partial charge in [0.05, 0.1) is 6.10 Å². The summed E-state index contributed by atoms with van der Waals surface area (Å²) < 4.78 is 5.14. The third kappa shape index (κ3) is 7.98. The predicted octanol–water partition coefficient (Wildman–Crippen LogP) is 1.12. The number of ether oxygens (including phenoxy) is 1. The van der Waals surface area contributed by atoms with E-state index in [2.05, 4.69) is 26.1 Å². The van der Waals surface area contributed by atoms with Crippen molar-refractivity contribution in [1.82, 2.24) is 5.32 Å². The normalized spacial score (nSPS) is 15.2. The highest BCUT2D eigenvalue weighted by Gasteiger charge is 2.12. The van der Waals surface area contributed by atoms with Crippen molar-refractivity contribution in [2.45, 2.75) is 52.6 Å². The summed E-state index contributed by atoms with van der Waals surface area (Å²) in [5, 5.41) is 12.5. The largest absolute Gasteiger partial charge is 0.367 e. The Morgan fingerprint density at radius 2 is 1.83 bits per heavy atom. The second-order valence-corrected chi connectivity index (χ2v) is 4.27. The van der Waals surface area contributed by atoms with Crippen molar-refractivity contribution in [3.05, 3.63) is 0 Å². The van der Waals surface area contributed by atoms with Gasteiger partial charge in [0.2, 0.25) is 0 Å². The molecule has 74 valence electrons. The fourth-order valence-electron chi connectivity index (χ4n) is 0.756. The van der Waals surface area contributed by atoms with E-state index in [1.54, 1.807) is 0 Å². The zero-order valence-corrected chi connectivity index (χ0v) is 8.72. The van der Waals surface area contributed by atoms with Crippen LogP contribution in [0.5, 0.6) is 0 Å². The molecule has 12 heavy (non-hydrogen) atoms. The lowest BCUT2D eigenvalue weighted by molar-refractivity contribution is -0.124. The van der Waals surface area contributed by atoms with Crippen LogP contribution < -0.4 is 5.32 Å². The summed E-state index contributed by atoms with van der Waals surface area (Å²) in [4.78, 5) is 0. The third-order valence-corrected chi connectivity index (χ3v) is 1.24. The van der Waals surface area contributed by atoms with Gasteiger partial charge in [0.15, 0.2) is 6.29 Å². The van der Waals surface area contributed by atoms with Gasteiger partial charge < -0.3 is 15.2 Å². The Labute approximate surface area is 75.1 Å². The van der Waals surface area contributed by atoms with Crippen molar-refractivity contribution in [3.8, 4) is 0 Å². The zero-order chi connectivity index (χ0) is 9.78. The minimum Gasteiger partial charge on any atom is -0.367 e. The first-order valence-electron chi connectivity index (χ1n) is 4.40. The Morgan fingerprint density at radius 3 is 2.17 bits per heavy atom. The minimum atomic E-state index is -0.704. The molecule has 0 aromatic carbocycles. The van der Waals surface area contributed by atoms with Crippen LogP contribution >= 0.6 is 0 Å². The number of β-amino-alcohol motifs (C(OH)–C–C–N with tert-alkyl or cyclic N) is 1. The first-order valence-corrected chi connectivity index (χ1v) is 4.40. The number of hydrogen-bond donors (Lipinski definition) is 2. The molecular formula is C9H21NO2. The highest BCUT2D eigenvalue weighted by molar-refractivity contribution is 4.70. The summed E-state index contributed by atoms with van der Waals surface area (Å²) in [7, 11) is 0. The van der Waals surface area contributed by atoms with Crippen LogP contribution in [0, 0.1) is 0 Å². The first-order chi connectivity index (χ1) is 5.31. The van der Waals surface area contributed by atoms with Crippen molar-refractivity contribution >= 4 is 0 Å². The molecule has 3 heteroatoms. The van der Waals surface area contributed by atoms with Gasteiger partial charge in [0.1, 0.15) is 0 Å². The van der Waals surface area contributed by atoms with E-state index in [-0.39, 0.29) is 11.6 Å². The molecule has 2 N–H and O–H groups in total. The van der Waals surface area contributed by atoms with Crippen LogP contribution in [0.15, 0.2) is 0 Å². The van der Waals surface area contributed by atoms with Crippen molar-refractivity contribution in [3.63, 3.8) is 0 Å². The molecule has 3 nitrogen and oxygen atoms in total. The van der Waals surface area contributed by atoms with Gasteiger partial charge in [-0.2, -0.15) is 0 Å². The minimum absolute atomic E-state index is 0.0291. The Balaban J connectivity index is 3.51. The lowest BCUT2D eigenvalue weighted by Crippen LogP contribution is -2.42. The maximum absolute atomic E-state index is 9.30. The summed E-state index contributed by atoms with van der Waals surface area (Å²) in [5.41, 5.74) is 0.0291. The number of rotatable bonds is 4. The number of aliphatic hydroxyl groups is 1. The highest BCUT2D eigenvalue weighted by atomic mass is 16.6. The molecule has 0 radical (unpaired) electrons. The summed E-state index contributed by atoms with van der Waals surface area (Å²) in [6.45, 7) is 10.4. The Kier molecular flexibility index (Phi) is 4.75. The molecule has 0 aromatic heterocycles. The number of aliphatic hydroxyl groups excluding tert-OH is 1. The van der Waals surface area contributed by atoms with Crippen molar-refractivity contribution in [2.24, 2.45) is 0 Å². The lowest BCUT2D eigenvalue weighted by atomic mass is 10.1. The van der Waals surface area contributed by atoms with Gasteiger partial charge >= 0.3 is 0 Å². The van der Waals surface area contributed by atoms with E-state index in [4.69, 9.17) is 4.74 Å². The predicted molar refractivity (Wildman–Crippen MR) is 50.0 cm³/mol. The molecule has 0 aliphatic heterocycles. The van der Waals surface area contributed by atoms with Crippen LogP contribution in [-0.2, 0) is 4.74 Å². The van der Waals surface area contributed by atoms with E-state index >= 15 is 0 Å². The van der Waals surface area contributed by atoms with E-state index in [1.807, 2.05) is 13.8 Å². The number of hydrogen-bond acceptors (Lipinski definition) is 3. The molecule has 1 unspecified atom stereocenters. The first kappa shape index (κ1) is 11.9. The summed E-state index contributed by atoms with van der Waals surface area (Å²) >= 11 is 0. The van der Waals surface area contributed by atoms with Gasteiger partial charge in [-0.3, -0.25) is 0 Å². The van der Waals surface area contributed by atoms with Gasteiger partial charge in [0.25, 0.3) is 0 Å². The molecule has 0 rings (SSSR count). The van der Waals surface area contributed by atoms with Gasteiger partial charge in [-0.05, 0) is 34.6 Å². The molecule has 0 saturated heterocycles. The molecule has 0 fully saturated rings.